The second-order valence-corrected chi connectivity index (χ2v) is 5.80. The molecule has 0 spiro atoms. The lowest BCUT2D eigenvalue weighted by Gasteiger charge is -2.40. The zero-order valence-electron chi connectivity index (χ0n) is 11.2. The van der Waals surface area contributed by atoms with E-state index in [1.807, 2.05) is 12.1 Å². The molecule has 1 saturated heterocycles. The third-order valence-electron chi connectivity index (χ3n) is 3.98. The predicted molar refractivity (Wildman–Crippen MR) is 75.5 cm³/mol. The Bertz CT molecular complexity index is 374. The van der Waals surface area contributed by atoms with Gasteiger partial charge in [-0.25, -0.2) is 0 Å². The van der Waals surface area contributed by atoms with E-state index in [1.54, 1.807) is 0 Å². The first-order valence-electron chi connectivity index (χ1n) is 6.79. The zero-order valence-corrected chi connectivity index (χ0v) is 12.8. The van der Waals surface area contributed by atoms with E-state index in [0.717, 1.165) is 49.3 Å². The summed E-state index contributed by atoms with van der Waals surface area (Å²) in [6.45, 7) is 6.09. The van der Waals surface area contributed by atoms with Crippen molar-refractivity contribution in [1.29, 1.82) is 0 Å². The fourth-order valence-corrected chi connectivity index (χ4v) is 2.98. The maximum atomic E-state index is 5.98. The van der Waals surface area contributed by atoms with Crippen molar-refractivity contribution < 1.29 is 9.15 Å². The molecule has 1 unspecified atom stereocenters. The molecule has 1 aliphatic heterocycles. The van der Waals surface area contributed by atoms with Gasteiger partial charge in [-0.1, -0.05) is 13.8 Å². The lowest BCUT2D eigenvalue weighted by Crippen LogP contribution is -2.46. The Morgan fingerprint density at radius 1 is 1.39 bits per heavy atom. The van der Waals surface area contributed by atoms with E-state index in [0.29, 0.717) is 6.04 Å². The summed E-state index contributed by atoms with van der Waals surface area (Å²) in [6.07, 6.45) is 4.37. The van der Waals surface area contributed by atoms with Crippen LogP contribution in [0.15, 0.2) is 21.2 Å². The Balaban J connectivity index is 1.86. The van der Waals surface area contributed by atoms with Gasteiger partial charge in [-0.2, -0.15) is 0 Å². The van der Waals surface area contributed by atoms with Gasteiger partial charge in [-0.15, -0.1) is 0 Å². The maximum absolute atomic E-state index is 5.98. The Kier molecular flexibility index (Phi) is 4.87. The third-order valence-corrected chi connectivity index (χ3v) is 4.40. The topological polar surface area (TPSA) is 34.4 Å². The van der Waals surface area contributed by atoms with Crippen LogP contribution in [0.3, 0.4) is 0 Å². The molecule has 3 nitrogen and oxygen atoms in total. The first-order chi connectivity index (χ1) is 8.67. The molecule has 2 heterocycles. The fraction of sp³-hybridized carbons (Fsp3) is 0.714. The Labute approximate surface area is 117 Å². The number of rotatable bonds is 5. The van der Waals surface area contributed by atoms with Gasteiger partial charge in [0, 0.05) is 12.6 Å². The van der Waals surface area contributed by atoms with Crippen LogP contribution in [0.25, 0.3) is 0 Å². The minimum Gasteiger partial charge on any atom is -0.453 e. The van der Waals surface area contributed by atoms with Crippen LogP contribution in [0.5, 0.6) is 0 Å². The van der Waals surface area contributed by atoms with Gasteiger partial charge in [0.15, 0.2) is 4.67 Å². The highest BCUT2D eigenvalue weighted by molar-refractivity contribution is 9.10. The smallest absolute Gasteiger partial charge is 0.169 e. The van der Waals surface area contributed by atoms with Crippen molar-refractivity contribution in [3.05, 3.63) is 22.6 Å². The van der Waals surface area contributed by atoms with E-state index in [9.17, 15) is 0 Å². The van der Waals surface area contributed by atoms with Crippen molar-refractivity contribution in [3.63, 3.8) is 0 Å². The summed E-state index contributed by atoms with van der Waals surface area (Å²) < 4.78 is 12.3. The summed E-state index contributed by atoms with van der Waals surface area (Å²) in [5.74, 6) is 0.979. The molecule has 1 aromatic heterocycles. The minimum absolute atomic E-state index is 0.0830. The molecule has 102 valence electrons. The quantitative estimate of drug-likeness (QED) is 0.895. The lowest BCUT2D eigenvalue weighted by molar-refractivity contribution is -0.0933. The molecule has 1 atom stereocenters. The van der Waals surface area contributed by atoms with Crippen LogP contribution in [0, 0.1) is 0 Å². The highest BCUT2D eigenvalue weighted by atomic mass is 79.9. The summed E-state index contributed by atoms with van der Waals surface area (Å²) in [6, 6.07) is 4.47. The van der Waals surface area contributed by atoms with Crippen LogP contribution in [-0.2, 0) is 11.3 Å². The molecule has 0 saturated carbocycles. The molecule has 0 radical (unpaired) electrons. The second-order valence-electron chi connectivity index (χ2n) is 5.02. The molecule has 2 rings (SSSR count). The first-order valence-corrected chi connectivity index (χ1v) is 7.58. The van der Waals surface area contributed by atoms with Crippen molar-refractivity contribution in [2.24, 2.45) is 0 Å². The van der Waals surface area contributed by atoms with E-state index < -0.39 is 0 Å². The van der Waals surface area contributed by atoms with E-state index in [2.05, 4.69) is 35.1 Å². The number of furan rings is 1. The van der Waals surface area contributed by atoms with Crippen molar-refractivity contribution in [1.82, 2.24) is 5.32 Å². The van der Waals surface area contributed by atoms with Gasteiger partial charge >= 0.3 is 0 Å². The van der Waals surface area contributed by atoms with Crippen LogP contribution in [0.1, 0.15) is 45.3 Å². The number of hydrogen-bond donors (Lipinski definition) is 1. The molecule has 1 N–H and O–H groups in total. The molecule has 18 heavy (non-hydrogen) atoms. The number of ether oxygens (including phenoxy) is 1. The Morgan fingerprint density at radius 2 is 2.17 bits per heavy atom. The predicted octanol–water partition coefficient (Wildman–Crippen LogP) is 3.87. The van der Waals surface area contributed by atoms with Gasteiger partial charge in [0.1, 0.15) is 5.76 Å². The van der Waals surface area contributed by atoms with Crippen LogP contribution >= 0.6 is 15.9 Å². The summed E-state index contributed by atoms with van der Waals surface area (Å²) in [5.41, 5.74) is 0.0830. The summed E-state index contributed by atoms with van der Waals surface area (Å²) in [5, 5.41) is 3.58. The first kappa shape index (κ1) is 14.1. The van der Waals surface area contributed by atoms with Gasteiger partial charge in [0.2, 0.25) is 0 Å². The average Bonchev–Trinajstić information content (AvgIpc) is 2.82. The third kappa shape index (κ3) is 3.37. The molecule has 4 heteroatoms. The van der Waals surface area contributed by atoms with E-state index >= 15 is 0 Å². The van der Waals surface area contributed by atoms with Gasteiger partial charge in [0.05, 0.1) is 12.1 Å². The number of halogens is 1. The van der Waals surface area contributed by atoms with E-state index in [4.69, 9.17) is 9.15 Å². The lowest BCUT2D eigenvalue weighted by atomic mass is 9.86. The van der Waals surface area contributed by atoms with Crippen molar-refractivity contribution >= 4 is 15.9 Å². The van der Waals surface area contributed by atoms with Gasteiger partial charge in [0.25, 0.3) is 0 Å². The number of hydrogen-bond acceptors (Lipinski definition) is 3. The minimum atomic E-state index is 0.0830. The number of nitrogens with one attached hydrogen (secondary N) is 1. The van der Waals surface area contributed by atoms with Gasteiger partial charge in [-0.3, -0.25) is 0 Å². The standard InChI is InChI=1S/C14H22BrNO2/c1-3-14(4-2)9-11(7-8-17-14)16-10-12-5-6-13(15)18-12/h5-6,11,16H,3-4,7-10H2,1-2H3. The molecule has 1 aromatic rings. The van der Waals surface area contributed by atoms with E-state index in [1.165, 1.54) is 0 Å². The van der Waals surface area contributed by atoms with Crippen LogP contribution in [0.2, 0.25) is 0 Å². The van der Waals surface area contributed by atoms with Crippen molar-refractivity contribution in [2.75, 3.05) is 6.61 Å². The Hall–Kier alpha value is -0.320. The highest BCUT2D eigenvalue weighted by Crippen LogP contribution is 2.31. The zero-order chi connectivity index (χ0) is 13.0. The average molecular weight is 316 g/mol. The van der Waals surface area contributed by atoms with Gasteiger partial charge in [-0.05, 0) is 53.7 Å². The highest BCUT2D eigenvalue weighted by Gasteiger charge is 2.34. The molecule has 0 amide bonds. The fourth-order valence-electron chi connectivity index (χ4n) is 2.64. The summed E-state index contributed by atoms with van der Waals surface area (Å²) in [7, 11) is 0. The van der Waals surface area contributed by atoms with Crippen LogP contribution < -0.4 is 5.32 Å². The summed E-state index contributed by atoms with van der Waals surface area (Å²) in [4.78, 5) is 0. The molecule has 1 fully saturated rings. The Morgan fingerprint density at radius 3 is 2.78 bits per heavy atom. The largest absolute Gasteiger partial charge is 0.453 e. The molecule has 0 aromatic carbocycles. The molecular formula is C14H22BrNO2. The van der Waals surface area contributed by atoms with Crippen molar-refractivity contribution in [2.45, 2.75) is 57.7 Å². The normalized spacial score (nSPS) is 23.2. The molecule has 1 aliphatic rings. The maximum Gasteiger partial charge on any atom is 0.169 e. The van der Waals surface area contributed by atoms with Crippen LogP contribution in [-0.4, -0.2) is 18.2 Å². The molecule has 0 bridgehead atoms. The molecule has 0 aliphatic carbocycles. The van der Waals surface area contributed by atoms with Crippen LogP contribution in [0.4, 0.5) is 0 Å². The monoisotopic (exact) mass is 315 g/mol. The second kappa shape index (κ2) is 6.22. The summed E-state index contributed by atoms with van der Waals surface area (Å²) >= 11 is 3.32. The van der Waals surface area contributed by atoms with E-state index in [-0.39, 0.29) is 5.60 Å². The SMILES string of the molecule is CCC1(CC)CC(NCc2ccc(Br)o2)CCO1. The molecular weight excluding hydrogens is 294 g/mol. The van der Waals surface area contributed by atoms with Gasteiger partial charge < -0.3 is 14.5 Å². The van der Waals surface area contributed by atoms with Crippen molar-refractivity contribution in [3.8, 4) is 0 Å².